The lowest BCUT2D eigenvalue weighted by Crippen LogP contribution is -2.54. The monoisotopic (exact) mass is 504 g/mol. The molecule has 37 heavy (non-hydrogen) atoms. The lowest BCUT2D eigenvalue weighted by Gasteiger charge is -2.48. The average Bonchev–Trinajstić information content (AvgIpc) is 3.41. The van der Waals surface area contributed by atoms with Gasteiger partial charge < -0.3 is 24.0 Å². The summed E-state index contributed by atoms with van der Waals surface area (Å²) in [5.41, 5.74) is 2.47. The van der Waals surface area contributed by atoms with Gasteiger partial charge in [-0.3, -0.25) is 9.59 Å². The van der Waals surface area contributed by atoms with Crippen molar-refractivity contribution in [2.45, 2.75) is 68.7 Å². The molecule has 0 radical (unpaired) electrons. The number of hydrogen-bond acceptors (Lipinski definition) is 5. The maximum atomic E-state index is 14.4. The number of carbonyl (C=O) groups excluding carboxylic acids is 2. The number of piperidine rings is 1. The van der Waals surface area contributed by atoms with Crippen molar-refractivity contribution < 1.29 is 23.8 Å². The Hall–Kier alpha value is -2.90. The van der Waals surface area contributed by atoms with Crippen LogP contribution in [-0.2, 0) is 14.3 Å². The summed E-state index contributed by atoms with van der Waals surface area (Å²) in [6.45, 7) is 2.40. The summed E-state index contributed by atoms with van der Waals surface area (Å²) in [7, 11) is 1.65. The predicted octanol–water partition coefficient (Wildman–Crippen LogP) is 4.67. The molecule has 0 N–H and O–H groups in total. The topological polar surface area (TPSA) is 68.3 Å². The Labute approximate surface area is 218 Å². The van der Waals surface area contributed by atoms with Crippen LogP contribution in [0.2, 0.25) is 0 Å². The first-order valence-electron chi connectivity index (χ1n) is 13.7. The van der Waals surface area contributed by atoms with Crippen LogP contribution < -0.4 is 4.74 Å². The van der Waals surface area contributed by atoms with Gasteiger partial charge in [0, 0.05) is 37.5 Å². The van der Waals surface area contributed by atoms with E-state index in [0.29, 0.717) is 44.7 Å². The van der Waals surface area contributed by atoms with Crippen molar-refractivity contribution in [2.75, 3.05) is 33.4 Å². The Morgan fingerprint density at radius 3 is 2.30 bits per heavy atom. The van der Waals surface area contributed by atoms with Crippen LogP contribution in [0.4, 0.5) is 0 Å². The quantitative estimate of drug-likeness (QED) is 0.605. The highest BCUT2D eigenvalue weighted by molar-refractivity contribution is 6.01. The second-order valence-corrected chi connectivity index (χ2v) is 10.7. The molecule has 1 spiro atoms. The van der Waals surface area contributed by atoms with Crippen molar-refractivity contribution in [3.05, 3.63) is 65.2 Å². The van der Waals surface area contributed by atoms with Gasteiger partial charge in [-0.1, -0.05) is 49.6 Å². The summed E-state index contributed by atoms with van der Waals surface area (Å²) < 4.78 is 17.2. The molecule has 2 aromatic carbocycles. The van der Waals surface area contributed by atoms with Gasteiger partial charge in [0.15, 0.2) is 5.79 Å². The number of carbonyl (C=O) groups is 2. The second-order valence-electron chi connectivity index (χ2n) is 10.7. The number of ether oxygens (including phenoxy) is 3. The van der Waals surface area contributed by atoms with Crippen LogP contribution in [0.1, 0.15) is 78.4 Å². The first kappa shape index (κ1) is 24.4. The van der Waals surface area contributed by atoms with E-state index in [2.05, 4.69) is 4.90 Å². The number of benzene rings is 2. The molecular weight excluding hydrogens is 468 g/mol. The molecule has 0 aromatic heterocycles. The zero-order valence-electron chi connectivity index (χ0n) is 21.6. The Morgan fingerprint density at radius 1 is 0.946 bits per heavy atom. The molecule has 3 heterocycles. The highest BCUT2D eigenvalue weighted by Gasteiger charge is 2.49. The Balaban J connectivity index is 1.41. The molecule has 4 aliphatic rings. The second kappa shape index (κ2) is 10.1. The molecule has 0 bridgehead atoms. The summed E-state index contributed by atoms with van der Waals surface area (Å²) in [6, 6.07) is 15.4. The first-order valence-corrected chi connectivity index (χ1v) is 13.7. The fraction of sp³-hybridized carbons (Fsp3) is 0.533. The SMILES string of the molecule is COc1ccc([C@H]2[C@H](C(=O)N3CCC4(CC3)OCCO4)c3ccccc3C(=O)N2C2CCCCC2)cc1. The van der Waals surface area contributed by atoms with Gasteiger partial charge in [0.25, 0.3) is 5.91 Å². The normalized spacial score (nSPS) is 25.8. The molecule has 7 nitrogen and oxygen atoms in total. The van der Waals surface area contributed by atoms with Crippen molar-refractivity contribution in [2.24, 2.45) is 0 Å². The third-order valence-electron chi connectivity index (χ3n) is 8.72. The molecule has 2 saturated heterocycles. The molecule has 3 fully saturated rings. The largest absolute Gasteiger partial charge is 0.497 e. The van der Waals surface area contributed by atoms with Crippen LogP contribution >= 0.6 is 0 Å². The lowest BCUT2D eigenvalue weighted by atomic mass is 9.76. The molecule has 7 heteroatoms. The zero-order valence-corrected chi connectivity index (χ0v) is 21.6. The lowest BCUT2D eigenvalue weighted by molar-refractivity contribution is -0.188. The number of rotatable bonds is 4. The third-order valence-corrected chi connectivity index (χ3v) is 8.72. The van der Waals surface area contributed by atoms with Gasteiger partial charge >= 0.3 is 0 Å². The fourth-order valence-corrected chi connectivity index (χ4v) is 6.78. The van der Waals surface area contributed by atoms with Crippen molar-refractivity contribution in [1.29, 1.82) is 0 Å². The maximum Gasteiger partial charge on any atom is 0.254 e. The van der Waals surface area contributed by atoms with Crippen LogP contribution in [0.3, 0.4) is 0 Å². The average molecular weight is 505 g/mol. The van der Waals surface area contributed by atoms with Gasteiger partial charge in [-0.2, -0.15) is 0 Å². The Bertz CT molecular complexity index is 1130. The highest BCUT2D eigenvalue weighted by Crippen LogP contribution is 2.47. The molecule has 6 rings (SSSR count). The molecule has 0 unspecified atom stereocenters. The van der Waals surface area contributed by atoms with Crippen molar-refractivity contribution in [3.63, 3.8) is 0 Å². The van der Waals surface area contributed by atoms with Crippen LogP contribution in [0, 0.1) is 0 Å². The third kappa shape index (κ3) is 4.42. The number of nitrogens with zero attached hydrogens (tertiary/aromatic N) is 2. The van der Waals surface area contributed by atoms with E-state index in [1.165, 1.54) is 6.42 Å². The van der Waals surface area contributed by atoms with Gasteiger partial charge in [0.2, 0.25) is 5.91 Å². The standard InChI is InChI=1S/C30H36N2O5/c1-35-23-13-11-21(12-14-23)27-26(29(34)31-17-15-30(16-18-31)36-19-20-37-30)24-9-5-6-10-25(24)28(33)32(27)22-7-3-2-4-8-22/h5-6,9-14,22,26-27H,2-4,7-8,15-20H2,1H3/t26-,27+/m1/s1. The van der Waals surface area contributed by atoms with E-state index >= 15 is 0 Å². The molecule has 1 saturated carbocycles. The van der Waals surface area contributed by atoms with E-state index in [1.807, 2.05) is 53.4 Å². The van der Waals surface area contributed by atoms with E-state index in [9.17, 15) is 9.59 Å². The van der Waals surface area contributed by atoms with E-state index < -0.39 is 11.7 Å². The van der Waals surface area contributed by atoms with Gasteiger partial charge in [0.05, 0.1) is 32.3 Å². The Morgan fingerprint density at radius 2 is 1.62 bits per heavy atom. The van der Waals surface area contributed by atoms with Crippen molar-refractivity contribution in [1.82, 2.24) is 9.80 Å². The van der Waals surface area contributed by atoms with Crippen molar-refractivity contribution in [3.8, 4) is 5.75 Å². The summed E-state index contributed by atoms with van der Waals surface area (Å²) in [6.07, 6.45) is 6.71. The van der Waals surface area contributed by atoms with Crippen LogP contribution in [0.15, 0.2) is 48.5 Å². The Kier molecular flexibility index (Phi) is 6.67. The minimum atomic E-state index is -0.541. The van der Waals surface area contributed by atoms with E-state index in [0.717, 1.165) is 42.6 Å². The van der Waals surface area contributed by atoms with Crippen LogP contribution in [0.5, 0.6) is 5.75 Å². The summed E-state index contributed by atoms with van der Waals surface area (Å²) in [5, 5.41) is 0. The number of likely N-dealkylation sites (tertiary alicyclic amines) is 1. The first-order chi connectivity index (χ1) is 18.1. The molecule has 2 aromatic rings. The van der Waals surface area contributed by atoms with Crippen LogP contribution in [-0.4, -0.2) is 66.9 Å². The van der Waals surface area contributed by atoms with Gasteiger partial charge in [-0.25, -0.2) is 0 Å². The molecule has 196 valence electrons. The minimum Gasteiger partial charge on any atom is -0.497 e. The van der Waals surface area contributed by atoms with Gasteiger partial charge in [-0.15, -0.1) is 0 Å². The zero-order chi connectivity index (χ0) is 25.4. The fourth-order valence-electron chi connectivity index (χ4n) is 6.78. The summed E-state index contributed by atoms with van der Waals surface area (Å²) in [5.74, 6) is -0.132. The predicted molar refractivity (Wildman–Crippen MR) is 138 cm³/mol. The maximum absolute atomic E-state index is 14.4. The molecule has 2 amide bonds. The summed E-state index contributed by atoms with van der Waals surface area (Å²) in [4.78, 5) is 32.5. The number of fused-ring (bicyclic) bond motifs is 1. The van der Waals surface area contributed by atoms with Gasteiger partial charge in [0.1, 0.15) is 5.75 Å². The van der Waals surface area contributed by atoms with Crippen molar-refractivity contribution >= 4 is 11.8 Å². The number of hydrogen-bond donors (Lipinski definition) is 0. The molecule has 1 aliphatic carbocycles. The van der Waals surface area contributed by atoms with Gasteiger partial charge in [-0.05, 0) is 42.2 Å². The highest BCUT2D eigenvalue weighted by atomic mass is 16.7. The van der Waals surface area contributed by atoms with Crippen LogP contribution in [0.25, 0.3) is 0 Å². The van der Waals surface area contributed by atoms with E-state index in [4.69, 9.17) is 14.2 Å². The molecule has 2 atom stereocenters. The molecular formula is C30H36N2O5. The number of methoxy groups -OCH3 is 1. The van der Waals surface area contributed by atoms with E-state index in [-0.39, 0.29) is 23.9 Å². The molecule has 3 aliphatic heterocycles. The van der Waals surface area contributed by atoms with E-state index in [1.54, 1.807) is 7.11 Å². The number of amides is 2. The smallest absolute Gasteiger partial charge is 0.254 e. The minimum absolute atomic E-state index is 0.0396. The summed E-state index contributed by atoms with van der Waals surface area (Å²) >= 11 is 0.